The van der Waals surface area contributed by atoms with Crippen LogP contribution in [0, 0.1) is 5.92 Å². The van der Waals surface area contributed by atoms with Crippen LogP contribution in [0.1, 0.15) is 39.5 Å². The average molecular weight is 240 g/mol. The van der Waals surface area contributed by atoms with Gasteiger partial charge in [-0.1, -0.05) is 13.3 Å². The quantitative estimate of drug-likeness (QED) is 0.817. The molecule has 2 fully saturated rings. The van der Waals surface area contributed by atoms with E-state index in [4.69, 9.17) is 4.74 Å². The summed E-state index contributed by atoms with van der Waals surface area (Å²) in [7, 11) is 0. The molecule has 1 aliphatic heterocycles. The topological polar surface area (TPSA) is 41.6 Å². The molecule has 0 spiro atoms. The summed E-state index contributed by atoms with van der Waals surface area (Å²) in [6, 6.07) is 1.35. The second kappa shape index (κ2) is 5.71. The lowest BCUT2D eigenvalue weighted by atomic mass is 10.1. The molecule has 1 aliphatic carbocycles. The highest BCUT2D eigenvalue weighted by atomic mass is 16.6. The smallest absolute Gasteiger partial charge is 0.409 e. The van der Waals surface area contributed by atoms with Crippen molar-refractivity contribution in [3.8, 4) is 0 Å². The van der Waals surface area contributed by atoms with Gasteiger partial charge in [0.15, 0.2) is 0 Å². The number of hydrogen-bond donors (Lipinski definition) is 1. The predicted octanol–water partition coefficient (Wildman–Crippen LogP) is 2.00. The molecule has 2 unspecified atom stereocenters. The molecule has 1 N–H and O–H groups in total. The molecule has 4 nitrogen and oxygen atoms in total. The van der Waals surface area contributed by atoms with E-state index in [0.29, 0.717) is 12.6 Å². The van der Waals surface area contributed by atoms with Crippen molar-refractivity contribution in [2.75, 3.05) is 19.7 Å². The third kappa shape index (κ3) is 3.35. The Labute approximate surface area is 104 Å². The van der Waals surface area contributed by atoms with Crippen molar-refractivity contribution < 1.29 is 9.53 Å². The van der Waals surface area contributed by atoms with Crippen molar-refractivity contribution in [1.82, 2.24) is 10.2 Å². The van der Waals surface area contributed by atoms with Gasteiger partial charge in [-0.05, 0) is 32.1 Å². The molecular formula is C13H24N2O2. The molecule has 1 heterocycles. The average Bonchev–Trinajstić information content (AvgIpc) is 3.09. The number of carbonyl (C=O) groups excluding carboxylic acids is 1. The van der Waals surface area contributed by atoms with Gasteiger partial charge in [-0.3, -0.25) is 0 Å². The molecule has 0 aromatic rings. The molecule has 2 rings (SSSR count). The fourth-order valence-corrected chi connectivity index (χ4v) is 2.65. The summed E-state index contributed by atoms with van der Waals surface area (Å²) in [5.74, 6) is 0.901. The minimum Gasteiger partial charge on any atom is -0.450 e. The van der Waals surface area contributed by atoms with E-state index >= 15 is 0 Å². The number of hydrogen-bond acceptors (Lipinski definition) is 3. The van der Waals surface area contributed by atoms with Gasteiger partial charge >= 0.3 is 6.09 Å². The van der Waals surface area contributed by atoms with Crippen LogP contribution in [0.5, 0.6) is 0 Å². The number of nitrogens with one attached hydrogen (secondary N) is 1. The SMILES string of the molecule is CCOC(=O)N1CCC(NC2CC2CC)CC1. The lowest BCUT2D eigenvalue weighted by molar-refractivity contribution is 0.0949. The first-order valence-electron chi connectivity index (χ1n) is 6.92. The monoisotopic (exact) mass is 240 g/mol. The Morgan fingerprint density at radius 2 is 2.06 bits per heavy atom. The van der Waals surface area contributed by atoms with Gasteiger partial charge in [0.05, 0.1) is 6.61 Å². The second-order valence-corrected chi connectivity index (χ2v) is 5.14. The van der Waals surface area contributed by atoms with Gasteiger partial charge in [0, 0.05) is 25.2 Å². The van der Waals surface area contributed by atoms with Crippen LogP contribution in [-0.4, -0.2) is 42.8 Å². The van der Waals surface area contributed by atoms with Crippen LogP contribution in [0.25, 0.3) is 0 Å². The van der Waals surface area contributed by atoms with E-state index in [1.165, 1.54) is 12.8 Å². The van der Waals surface area contributed by atoms with Crippen molar-refractivity contribution in [3.05, 3.63) is 0 Å². The third-order valence-electron chi connectivity index (χ3n) is 3.92. The first-order valence-corrected chi connectivity index (χ1v) is 6.92. The van der Waals surface area contributed by atoms with Crippen molar-refractivity contribution in [3.63, 3.8) is 0 Å². The Hall–Kier alpha value is -0.770. The molecule has 2 aliphatic rings. The second-order valence-electron chi connectivity index (χ2n) is 5.14. The predicted molar refractivity (Wildman–Crippen MR) is 66.9 cm³/mol. The van der Waals surface area contributed by atoms with E-state index in [0.717, 1.165) is 37.9 Å². The van der Waals surface area contributed by atoms with Gasteiger partial charge in [-0.25, -0.2) is 4.79 Å². The van der Waals surface area contributed by atoms with E-state index in [1.807, 2.05) is 11.8 Å². The van der Waals surface area contributed by atoms with Crippen LogP contribution >= 0.6 is 0 Å². The maximum atomic E-state index is 11.5. The number of piperidine rings is 1. The molecule has 2 atom stereocenters. The molecule has 0 bridgehead atoms. The summed E-state index contributed by atoms with van der Waals surface area (Å²) in [5, 5.41) is 3.71. The summed E-state index contributed by atoms with van der Waals surface area (Å²) in [6.45, 7) is 6.25. The van der Waals surface area contributed by atoms with Gasteiger partial charge in [0.25, 0.3) is 0 Å². The molecule has 0 radical (unpaired) electrons. The van der Waals surface area contributed by atoms with Crippen molar-refractivity contribution in [1.29, 1.82) is 0 Å². The Bertz CT molecular complexity index is 262. The Morgan fingerprint density at radius 3 is 2.59 bits per heavy atom. The molecule has 0 aromatic carbocycles. The van der Waals surface area contributed by atoms with Crippen LogP contribution < -0.4 is 5.32 Å². The summed E-state index contributed by atoms with van der Waals surface area (Å²) in [5.41, 5.74) is 0. The highest BCUT2D eigenvalue weighted by Crippen LogP contribution is 2.34. The van der Waals surface area contributed by atoms with E-state index in [2.05, 4.69) is 12.2 Å². The summed E-state index contributed by atoms with van der Waals surface area (Å²) >= 11 is 0. The summed E-state index contributed by atoms with van der Waals surface area (Å²) in [4.78, 5) is 13.3. The molecule has 1 saturated carbocycles. The van der Waals surface area contributed by atoms with E-state index < -0.39 is 0 Å². The van der Waals surface area contributed by atoms with Crippen molar-refractivity contribution >= 4 is 6.09 Å². The van der Waals surface area contributed by atoms with E-state index in [-0.39, 0.29) is 6.09 Å². The first-order chi connectivity index (χ1) is 8.24. The summed E-state index contributed by atoms with van der Waals surface area (Å²) < 4.78 is 5.01. The Kier molecular flexibility index (Phi) is 4.26. The fraction of sp³-hybridized carbons (Fsp3) is 0.923. The van der Waals surface area contributed by atoms with Crippen LogP contribution in [0.3, 0.4) is 0 Å². The molecule has 1 amide bonds. The number of amides is 1. The van der Waals surface area contributed by atoms with Gasteiger partial charge in [-0.2, -0.15) is 0 Å². The minimum atomic E-state index is -0.149. The number of nitrogens with zero attached hydrogens (tertiary/aromatic N) is 1. The van der Waals surface area contributed by atoms with Gasteiger partial charge in [0.2, 0.25) is 0 Å². The van der Waals surface area contributed by atoms with Gasteiger partial charge in [-0.15, -0.1) is 0 Å². The van der Waals surface area contributed by atoms with Gasteiger partial charge < -0.3 is 15.0 Å². The lowest BCUT2D eigenvalue weighted by Crippen LogP contribution is -2.45. The lowest BCUT2D eigenvalue weighted by Gasteiger charge is -2.31. The molecule has 1 saturated heterocycles. The van der Waals surface area contributed by atoms with Crippen molar-refractivity contribution in [2.45, 2.75) is 51.6 Å². The van der Waals surface area contributed by atoms with E-state index in [9.17, 15) is 4.79 Å². The van der Waals surface area contributed by atoms with Gasteiger partial charge in [0.1, 0.15) is 0 Å². The van der Waals surface area contributed by atoms with Crippen LogP contribution in [0.15, 0.2) is 0 Å². The molecule has 4 heteroatoms. The van der Waals surface area contributed by atoms with E-state index in [1.54, 1.807) is 0 Å². The number of likely N-dealkylation sites (tertiary alicyclic amines) is 1. The fourth-order valence-electron chi connectivity index (χ4n) is 2.65. The molecule has 17 heavy (non-hydrogen) atoms. The minimum absolute atomic E-state index is 0.149. The standard InChI is InChI=1S/C13H24N2O2/c1-3-10-9-12(10)14-11-5-7-15(8-6-11)13(16)17-4-2/h10-12,14H,3-9H2,1-2H3. The number of carbonyl (C=O) groups is 1. The molecular weight excluding hydrogens is 216 g/mol. The van der Waals surface area contributed by atoms with Crippen LogP contribution in [0.2, 0.25) is 0 Å². The Balaban J connectivity index is 1.66. The molecule has 98 valence electrons. The number of rotatable bonds is 4. The summed E-state index contributed by atoms with van der Waals surface area (Å²) in [6.07, 6.45) is 4.61. The highest BCUT2D eigenvalue weighted by Gasteiger charge is 2.37. The third-order valence-corrected chi connectivity index (χ3v) is 3.92. The largest absolute Gasteiger partial charge is 0.450 e. The zero-order chi connectivity index (χ0) is 12.3. The Morgan fingerprint density at radius 1 is 1.35 bits per heavy atom. The van der Waals surface area contributed by atoms with Crippen molar-refractivity contribution in [2.24, 2.45) is 5.92 Å². The first kappa shape index (κ1) is 12.7. The van der Waals surface area contributed by atoms with Crippen LogP contribution in [0.4, 0.5) is 4.79 Å². The number of ether oxygens (including phenoxy) is 1. The molecule has 0 aromatic heterocycles. The normalized spacial score (nSPS) is 29.2. The zero-order valence-corrected chi connectivity index (χ0v) is 10.9. The maximum absolute atomic E-state index is 11.5. The zero-order valence-electron chi connectivity index (χ0n) is 10.9. The maximum Gasteiger partial charge on any atom is 0.409 e. The van der Waals surface area contributed by atoms with Crippen LogP contribution in [-0.2, 0) is 4.74 Å². The highest BCUT2D eigenvalue weighted by molar-refractivity contribution is 5.67.